The number of urea groups is 1. The van der Waals surface area contributed by atoms with Crippen LogP contribution in [0.15, 0.2) is 28.7 Å². The van der Waals surface area contributed by atoms with Crippen LogP contribution in [0.1, 0.15) is 24.3 Å². The van der Waals surface area contributed by atoms with Crippen LogP contribution in [0.5, 0.6) is 0 Å². The molecule has 1 atom stereocenters. The molecular weight excluding hydrogens is 294 g/mol. The molecular formula is C17H21N3O3. The molecule has 2 heterocycles. The van der Waals surface area contributed by atoms with Gasteiger partial charge < -0.3 is 19.7 Å². The van der Waals surface area contributed by atoms with E-state index in [2.05, 4.69) is 10.3 Å². The molecule has 3 rings (SSSR count). The number of rotatable bonds is 3. The van der Waals surface area contributed by atoms with Crippen molar-refractivity contribution in [2.24, 2.45) is 0 Å². The predicted octanol–water partition coefficient (Wildman–Crippen LogP) is 2.95. The van der Waals surface area contributed by atoms with Gasteiger partial charge in [0.2, 0.25) is 5.89 Å². The van der Waals surface area contributed by atoms with Gasteiger partial charge in [0.25, 0.3) is 0 Å². The Bertz CT molecular complexity index is 691. The van der Waals surface area contributed by atoms with E-state index in [9.17, 15) is 9.90 Å². The molecule has 2 N–H and O–H groups in total. The highest BCUT2D eigenvalue weighted by Crippen LogP contribution is 2.25. The topological polar surface area (TPSA) is 78.6 Å². The van der Waals surface area contributed by atoms with E-state index in [0.29, 0.717) is 18.1 Å². The van der Waals surface area contributed by atoms with E-state index in [-0.39, 0.29) is 18.7 Å². The molecule has 0 bridgehead atoms. The van der Waals surface area contributed by atoms with Crippen molar-refractivity contribution in [3.63, 3.8) is 0 Å². The lowest BCUT2D eigenvalue weighted by atomic mass is 10.2. The molecule has 0 saturated carbocycles. The third-order valence-electron chi connectivity index (χ3n) is 4.24. The molecule has 23 heavy (non-hydrogen) atoms. The molecule has 6 heteroatoms. The summed E-state index contributed by atoms with van der Waals surface area (Å²) in [5.41, 5.74) is 2.36. The Morgan fingerprint density at radius 2 is 2.30 bits per heavy atom. The van der Waals surface area contributed by atoms with E-state index in [0.717, 1.165) is 29.9 Å². The average Bonchev–Trinajstić information content (AvgIpc) is 3.14. The van der Waals surface area contributed by atoms with Crippen LogP contribution in [0.2, 0.25) is 0 Å². The van der Waals surface area contributed by atoms with Crippen LogP contribution in [0.3, 0.4) is 0 Å². The van der Waals surface area contributed by atoms with Crippen molar-refractivity contribution in [2.45, 2.75) is 32.7 Å². The zero-order chi connectivity index (χ0) is 16.4. The van der Waals surface area contributed by atoms with E-state index < -0.39 is 0 Å². The average molecular weight is 315 g/mol. The molecule has 1 aromatic carbocycles. The normalized spacial score (nSPS) is 17.5. The summed E-state index contributed by atoms with van der Waals surface area (Å²) < 4.78 is 5.63. The van der Waals surface area contributed by atoms with Crippen LogP contribution in [-0.4, -0.2) is 40.2 Å². The number of anilines is 1. The van der Waals surface area contributed by atoms with Crippen molar-refractivity contribution in [1.82, 2.24) is 9.88 Å². The number of carbonyl (C=O) groups is 1. The second kappa shape index (κ2) is 6.42. The van der Waals surface area contributed by atoms with Crippen molar-refractivity contribution in [3.05, 3.63) is 35.7 Å². The van der Waals surface area contributed by atoms with Gasteiger partial charge in [0, 0.05) is 17.8 Å². The lowest BCUT2D eigenvalue weighted by Crippen LogP contribution is -2.40. The zero-order valence-electron chi connectivity index (χ0n) is 13.4. The fourth-order valence-corrected chi connectivity index (χ4v) is 2.81. The quantitative estimate of drug-likeness (QED) is 0.913. The predicted molar refractivity (Wildman–Crippen MR) is 87.2 cm³/mol. The first-order chi connectivity index (χ1) is 11.1. The molecule has 1 aliphatic heterocycles. The summed E-state index contributed by atoms with van der Waals surface area (Å²) in [6.45, 7) is 4.45. The number of aryl methyl sites for hydroxylation is 2. The van der Waals surface area contributed by atoms with E-state index in [1.54, 1.807) is 4.90 Å². The molecule has 1 aromatic heterocycles. The van der Waals surface area contributed by atoms with Crippen LogP contribution in [0.25, 0.3) is 11.5 Å². The van der Waals surface area contributed by atoms with Crippen molar-refractivity contribution < 1.29 is 14.3 Å². The van der Waals surface area contributed by atoms with E-state index in [4.69, 9.17) is 4.42 Å². The van der Waals surface area contributed by atoms with Gasteiger partial charge in [0.1, 0.15) is 5.76 Å². The third-order valence-corrected chi connectivity index (χ3v) is 4.24. The molecule has 0 spiro atoms. The molecule has 122 valence electrons. The summed E-state index contributed by atoms with van der Waals surface area (Å²) >= 11 is 0. The van der Waals surface area contributed by atoms with Gasteiger partial charge in [-0.25, -0.2) is 9.78 Å². The van der Waals surface area contributed by atoms with Gasteiger partial charge in [0.15, 0.2) is 0 Å². The minimum absolute atomic E-state index is 0.00231. The van der Waals surface area contributed by atoms with Gasteiger partial charge in [-0.2, -0.15) is 0 Å². The summed E-state index contributed by atoms with van der Waals surface area (Å²) in [6, 6.07) is 7.15. The van der Waals surface area contributed by atoms with Crippen molar-refractivity contribution in [1.29, 1.82) is 0 Å². The maximum Gasteiger partial charge on any atom is 0.322 e. The summed E-state index contributed by atoms with van der Waals surface area (Å²) in [5.74, 6) is 1.34. The molecule has 2 aromatic rings. The first kappa shape index (κ1) is 15.6. The van der Waals surface area contributed by atoms with Gasteiger partial charge >= 0.3 is 6.03 Å². The standard InChI is InChI=1S/C17H21N3O3/c1-11-12(2)23-16(18-11)13-5-3-6-14(9-13)19-17(22)20-8-4-7-15(20)10-21/h3,5-6,9,15,21H,4,7-8,10H2,1-2H3,(H,19,22)/t15-/m0/s1. The maximum absolute atomic E-state index is 12.4. The summed E-state index contributed by atoms with van der Waals surface area (Å²) in [5, 5.41) is 12.2. The summed E-state index contributed by atoms with van der Waals surface area (Å²) in [4.78, 5) is 18.4. The number of aliphatic hydroxyl groups is 1. The molecule has 2 amide bonds. The highest BCUT2D eigenvalue weighted by atomic mass is 16.4. The van der Waals surface area contributed by atoms with Gasteiger partial charge in [-0.1, -0.05) is 6.07 Å². The van der Waals surface area contributed by atoms with Gasteiger partial charge in [-0.3, -0.25) is 0 Å². The Hall–Kier alpha value is -2.34. The molecule has 1 fully saturated rings. The van der Waals surface area contributed by atoms with Crippen molar-refractivity contribution >= 4 is 11.7 Å². The lowest BCUT2D eigenvalue weighted by Gasteiger charge is -2.23. The number of carbonyl (C=O) groups excluding carboxylic acids is 1. The Morgan fingerprint density at radius 1 is 1.48 bits per heavy atom. The number of aromatic nitrogens is 1. The second-order valence-corrected chi connectivity index (χ2v) is 5.84. The number of aliphatic hydroxyl groups excluding tert-OH is 1. The Balaban J connectivity index is 1.76. The fraction of sp³-hybridized carbons (Fsp3) is 0.412. The SMILES string of the molecule is Cc1nc(-c2cccc(NC(=O)N3CCC[C@H]3CO)c2)oc1C. The molecule has 0 radical (unpaired) electrons. The lowest BCUT2D eigenvalue weighted by molar-refractivity contribution is 0.166. The van der Waals surface area contributed by atoms with Crippen LogP contribution >= 0.6 is 0 Å². The van der Waals surface area contributed by atoms with Crippen molar-refractivity contribution in [2.75, 3.05) is 18.5 Å². The highest BCUT2D eigenvalue weighted by Gasteiger charge is 2.28. The van der Waals surface area contributed by atoms with Gasteiger partial charge in [-0.15, -0.1) is 0 Å². The Labute approximate surface area is 135 Å². The summed E-state index contributed by atoms with van der Waals surface area (Å²) in [7, 11) is 0. The van der Waals surface area contributed by atoms with E-state index in [1.165, 1.54) is 0 Å². The Morgan fingerprint density at radius 3 is 3.00 bits per heavy atom. The molecule has 6 nitrogen and oxygen atoms in total. The van der Waals surface area contributed by atoms with Crippen LogP contribution in [0, 0.1) is 13.8 Å². The molecule has 1 saturated heterocycles. The second-order valence-electron chi connectivity index (χ2n) is 5.84. The van der Waals surface area contributed by atoms with E-state index in [1.807, 2.05) is 38.1 Å². The van der Waals surface area contributed by atoms with Crippen LogP contribution in [-0.2, 0) is 0 Å². The third kappa shape index (κ3) is 3.22. The van der Waals surface area contributed by atoms with Crippen LogP contribution < -0.4 is 5.32 Å². The molecule has 0 aliphatic carbocycles. The first-order valence-corrected chi connectivity index (χ1v) is 7.81. The van der Waals surface area contributed by atoms with Gasteiger partial charge in [-0.05, 0) is 44.9 Å². The smallest absolute Gasteiger partial charge is 0.322 e. The van der Waals surface area contributed by atoms with Crippen LogP contribution in [0.4, 0.5) is 10.5 Å². The number of nitrogens with one attached hydrogen (secondary N) is 1. The molecule has 1 aliphatic rings. The number of benzene rings is 1. The maximum atomic E-state index is 12.4. The van der Waals surface area contributed by atoms with Gasteiger partial charge in [0.05, 0.1) is 18.3 Å². The van der Waals surface area contributed by atoms with E-state index >= 15 is 0 Å². The monoisotopic (exact) mass is 315 g/mol. The highest BCUT2D eigenvalue weighted by molar-refractivity contribution is 5.90. The first-order valence-electron chi connectivity index (χ1n) is 7.81. The largest absolute Gasteiger partial charge is 0.441 e. The molecule has 0 unspecified atom stereocenters. The number of hydrogen-bond acceptors (Lipinski definition) is 4. The number of likely N-dealkylation sites (tertiary alicyclic amines) is 1. The fourth-order valence-electron chi connectivity index (χ4n) is 2.81. The number of amides is 2. The number of oxazole rings is 1. The minimum Gasteiger partial charge on any atom is -0.441 e. The Kier molecular flexibility index (Phi) is 4.34. The number of hydrogen-bond donors (Lipinski definition) is 2. The number of nitrogens with zero attached hydrogens (tertiary/aromatic N) is 2. The minimum atomic E-state index is -0.182. The zero-order valence-corrected chi connectivity index (χ0v) is 13.4. The van der Waals surface area contributed by atoms with Crippen molar-refractivity contribution in [3.8, 4) is 11.5 Å². The summed E-state index contributed by atoms with van der Waals surface area (Å²) in [6.07, 6.45) is 1.77.